The fourth-order valence-corrected chi connectivity index (χ4v) is 11.1. The number of fused-ring (bicyclic) bond motifs is 1. The summed E-state index contributed by atoms with van der Waals surface area (Å²) in [6.45, 7) is 9.46. The van der Waals surface area contributed by atoms with Gasteiger partial charge in [-0.1, -0.05) is 215 Å². The first kappa shape index (κ1) is 40.4. The SMILES string of the molecule is CCC1C(c2ccccc2)=NC(c2ccc(-c3ccc(/C4=C/C(c5ccccc5)[C@H](CC)C(c5ccccc5)CCC4)c4ccccc34)cc2)=C(C)C(C)C1c1ccccc1. The molecule has 0 amide bonds. The van der Waals surface area contributed by atoms with Crippen LogP contribution in [0.4, 0.5) is 0 Å². The summed E-state index contributed by atoms with van der Waals surface area (Å²) >= 11 is 0. The van der Waals surface area contributed by atoms with Crippen molar-refractivity contribution in [3.63, 3.8) is 0 Å². The highest BCUT2D eigenvalue weighted by Crippen LogP contribution is 2.48. The monoisotopic (exact) mass is 793 g/mol. The summed E-state index contributed by atoms with van der Waals surface area (Å²) in [7, 11) is 0. The van der Waals surface area contributed by atoms with Crippen LogP contribution in [0, 0.1) is 17.8 Å². The number of aliphatic imine (C=N–C) groups is 1. The second-order valence-electron chi connectivity index (χ2n) is 17.5. The maximum atomic E-state index is 5.66. The highest BCUT2D eigenvalue weighted by Gasteiger charge is 2.36. The molecule has 5 unspecified atom stereocenters. The average Bonchev–Trinajstić information content (AvgIpc) is 3.43. The molecule has 1 heterocycles. The van der Waals surface area contributed by atoms with E-state index in [0.717, 1.165) is 25.0 Å². The van der Waals surface area contributed by atoms with E-state index in [1.807, 2.05) is 0 Å². The van der Waals surface area contributed by atoms with E-state index in [2.05, 4.69) is 216 Å². The van der Waals surface area contributed by atoms with E-state index < -0.39 is 0 Å². The Morgan fingerprint density at radius 2 is 1.07 bits per heavy atom. The first-order valence-electron chi connectivity index (χ1n) is 22.9. The van der Waals surface area contributed by atoms with Crippen LogP contribution in [0.5, 0.6) is 0 Å². The van der Waals surface area contributed by atoms with Crippen LogP contribution in [0.3, 0.4) is 0 Å². The first-order chi connectivity index (χ1) is 30.0. The molecule has 0 bridgehead atoms. The van der Waals surface area contributed by atoms with Crippen LogP contribution in [0.25, 0.3) is 33.2 Å². The number of hydrogen-bond acceptors (Lipinski definition) is 1. The summed E-state index contributed by atoms with van der Waals surface area (Å²) in [5, 5.41) is 2.64. The Balaban J connectivity index is 1.10. The minimum atomic E-state index is 0.297. The lowest BCUT2D eigenvalue weighted by Gasteiger charge is -2.35. The zero-order chi connectivity index (χ0) is 41.7. The van der Waals surface area contributed by atoms with Gasteiger partial charge in [0.1, 0.15) is 0 Å². The molecular formula is C60H59N. The van der Waals surface area contributed by atoms with Crippen molar-refractivity contribution in [1.29, 1.82) is 0 Å². The Labute approximate surface area is 364 Å². The van der Waals surface area contributed by atoms with Gasteiger partial charge in [-0.2, -0.15) is 0 Å². The van der Waals surface area contributed by atoms with Gasteiger partial charge in [0, 0.05) is 17.4 Å². The van der Waals surface area contributed by atoms with Gasteiger partial charge in [-0.05, 0) is 117 Å². The van der Waals surface area contributed by atoms with Gasteiger partial charge in [0.2, 0.25) is 0 Å². The van der Waals surface area contributed by atoms with Gasteiger partial charge in [0.05, 0.1) is 11.4 Å². The fourth-order valence-electron chi connectivity index (χ4n) is 11.1. The van der Waals surface area contributed by atoms with E-state index >= 15 is 0 Å². The molecule has 1 heteroatoms. The average molecular weight is 794 g/mol. The van der Waals surface area contributed by atoms with E-state index in [4.69, 9.17) is 4.99 Å². The third-order valence-electron chi connectivity index (χ3n) is 14.2. The van der Waals surface area contributed by atoms with Crippen molar-refractivity contribution in [3.05, 3.63) is 227 Å². The van der Waals surface area contributed by atoms with Crippen LogP contribution < -0.4 is 0 Å². The third-order valence-corrected chi connectivity index (χ3v) is 14.2. The smallest absolute Gasteiger partial charge is 0.0697 e. The Hall–Kier alpha value is -6.05. The van der Waals surface area contributed by atoms with Crippen LogP contribution >= 0.6 is 0 Å². The molecule has 1 nitrogen and oxygen atoms in total. The summed E-state index contributed by atoms with van der Waals surface area (Å²) in [5.74, 6) is 2.34. The molecular weight excluding hydrogens is 735 g/mol. The van der Waals surface area contributed by atoms with E-state index in [1.54, 1.807) is 0 Å². The number of allylic oxidation sites excluding steroid dienone is 3. The standard InChI is InChI=1S/C60H59N/c1-5-50-52(43-22-11-7-12-23-43)33-21-30-49(40-57(50)44-24-13-8-14-25-44)54-39-38-53(55-31-19-20-32-56(54)55)45-34-36-48(37-35-45)59-42(4)41(3)58(46-26-15-9-16-27-46)51(6-2)60(61-59)47-28-17-10-18-29-47/h7-20,22-29,31-32,34-41,50-52,57-58H,5-6,21,30,33H2,1-4H3/b49-40+/t41?,50-,51?,52?,57?,58?/m1/s1. The van der Waals surface area contributed by atoms with Crippen molar-refractivity contribution in [2.24, 2.45) is 22.7 Å². The first-order valence-corrected chi connectivity index (χ1v) is 22.9. The van der Waals surface area contributed by atoms with Gasteiger partial charge in [0.25, 0.3) is 0 Å². The molecule has 9 rings (SSSR count). The minimum absolute atomic E-state index is 0.297. The molecule has 0 saturated carbocycles. The third kappa shape index (κ3) is 8.11. The maximum Gasteiger partial charge on any atom is 0.0697 e. The predicted molar refractivity (Wildman–Crippen MR) is 261 cm³/mol. The zero-order valence-corrected chi connectivity index (χ0v) is 36.3. The number of benzene rings is 7. The molecule has 0 fully saturated rings. The molecule has 6 atom stereocenters. The van der Waals surface area contributed by atoms with Gasteiger partial charge >= 0.3 is 0 Å². The van der Waals surface area contributed by atoms with Gasteiger partial charge < -0.3 is 0 Å². The van der Waals surface area contributed by atoms with Crippen LogP contribution in [0.1, 0.15) is 111 Å². The summed E-state index contributed by atoms with van der Waals surface area (Å²) in [6, 6.07) is 67.8. The van der Waals surface area contributed by atoms with Crippen molar-refractivity contribution in [2.75, 3.05) is 0 Å². The van der Waals surface area contributed by atoms with E-state index in [0.29, 0.717) is 35.5 Å². The van der Waals surface area contributed by atoms with Crippen molar-refractivity contribution >= 4 is 27.8 Å². The quantitative estimate of drug-likeness (QED) is 0.138. The number of hydrogen-bond donors (Lipinski definition) is 0. The minimum Gasteiger partial charge on any atom is -0.252 e. The van der Waals surface area contributed by atoms with E-state index in [9.17, 15) is 0 Å². The molecule has 0 aromatic heterocycles. The largest absolute Gasteiger partial charge is 0.252 e. The molecule has 61 heavy (non-hydrogen) atoms. The summed E-state index contributed by atoms with van der Waals surface area (Å²) < 4.78 is 0. The van der Waals surface area contributed by atoms with Crippen molar-refractivity contribution in [3.8, 4) is 11.1 Å². The van der Waals surface area contributed by atoms with Gasteiger partial charge in [0.15, 0.2) is 0 Å². The lowest BCUT2D eigenvalue weighted by atomic mass is 9.69. The molecule has 0 saturated heterocycles. The topological polar surface area (TPSA) is 12.4 Å². The van der Waals surface area contributed by atoms with Crippen LogP contribution in [-0.4, -0.2) is 5.71 Å². The molecule has 7 aromatic carbocycles. The van der Waals surface area contributed by atoms with Gasteiger partial charge in [-0.25, -0.2) is 0 Å². The van der Waals surface area contributed by atoms with Crippen LogP contribution in [0.2, 0.25) is 0 Å². The highest BCUT2D eigenvalue weighted by atomic mass is 14.8. The summed E-state index contributed by atoms with van der Waals surface area (Å²) in [5.41, 5.74) is 15.7. The lowest BCUT2D eigenvalue weighted by molar-refractivity contribution is 0.348. The van der Waals surface area contributed by atoms with Crippen LogP contribution in [-0.2, 0) is 0 Å². The number of rotatable bonds is 9. The Bertz CT molecular complexity index is 2650. The molecule has 1 aliphatic carbocycles. The molecule has 0 spiro atoms. The Kier molecular flexibility index (Phi) is 12.1. The summed E-state index contributed by atoms with van der Waals surface area (Å²) in [4.78, 5) is 5.66. The van der Waals surface area contributed by atoms with Gasteiger partial charge in [-0.15, -0.1) is 0 Å². The Morgan fingerprint density at radius 3 is 1.69 bits per heavy atom. The molecule has 304 valence electrons. The molecule has 0 radical (unpaired) electrons. The second kappa shape index (κ2) is 18.3. The van der Waals surface area contributed by atoms with Crippen molar-refractivity contribution in [1.82, 2.24) is 0 Å². The molecule has 7 aromatic rings. The zero-order valence-electron chi connectivity index (χ0n) is 36.3. The van der Waals surface area contributed by atoms with Gasteiger partial charge in [-0.3, -0.25) is 4.99 Å². The lowest BCUT2D eigenvalue weighted by Crippen LogP contribution is -2.26. The normalized spacial score (nSPS) is 23.0. The van der Waals surface area contributed by atoms with E-state index in [-0.39, 0.29) is 0 Å². The fraction of sp³-hybridized carbons (Fsp3) is 0.250. The Morgan fingerprint density at radius 1 is 0.525 bits per heavy atom. The van der Waals surface area contributed by atoms with Crippen LogP contribution in [0.15, 0.2) is 199 Å². The summed E-state index contributed by atoms with van der Waals surface area (Å²) in [6.07, 6.45) is 8.27. The molecule has 1 aliphatic heterocycles. The number of nitrogens with zero attached hydrogens (tertiary/aromatic N) is 1. The highest BCUT2D eigenvalue weighted by molar-refractivity contribution is 6.06. The second-order valence-corrected chi connectivity index (χ2v) is 17.5. The molecule has 2 aliphatic rings. The van der Waals surface area contributed by atoms with Crippen molar-refractivity contribution < 1.29 is 0 Å². The van der Waals surface area contributed by atoms with Crippen molar-refractivity contribution in [2.45, 2.75) is 77.6 Å². The predicted octanol–water partition coefficient (Wildman–Crippen LogP) is 16.3. The van der Waals surface area contributed by atoms with E-state index in [1.165, 1.54) is 85.0 Å². The molecule has 0 N–H and O–H groups in total. The maximum absolute atomic E-state index is 5.66.